The van der Waals surface area contributed by atoms with Gasteiger partial charge in [-0.2, -0.15) is 0 Å². The number of hydrogen-bond donors (Lipinski definition) is 1. The van der Waals surface area contributed by atoms with Crippen LogP contribution in [0.15, 0.2) is 243 Å². The van der Waals surface area contributed by atoms with Crippen LogP contribution in [0.3, 0.4) is 0 Å². The first-order valence-corrected chi connectivity index (χ1v) is 27.8. The SMILES string of the molecule is O[C@H]([C@@H]1O[C@H](COCc2ccccc2)[C@H](OCc2ccccc2)[C@H](OCc2ccccc2)[C@H]1OCc1ccccc1)[C@H]1[C@H](OCc2ccccc2)[C@@H](OCc2ccccc2)[C@@H](OCc2ccccc2)O[C@@H]1COCc1ccccc1. The van der Waals surface area contributed by atoms with Gasteiger partial charge in [0, 0.05) is 5.92 Å². The van der Waals surface area contributed by atoms with Crippen LogP contribution in [-0.2, 0) is 100 Å². The number of benzene rings is 8. The zero-order chi connectivity index (χ0) is 54.4. The van der Waals surface area contributed by atoms with E-state index in [2.05, 4.69) is 0 Å². The molecular formula is C69H72O11. The first-order valence-electron chi connectivity index (χ1n) is 27.8. The molecular weight excluding hydrogens is 1000 g/mol. The standard InChI is InChI=1S/C69H72O11/c70-62(61-59(49-71-41-51-25-9-1-10-26-51)80-69(78-48-58-39-23-8-24-40-58)68(77-47-57-37-21-7-22-38-57)64(61)74-44-54-31-15-4-16-32-54)65-67(76-46-56-35-19-6-20-36-56)66(75-45-55-33-17-5-18-34-55)63(73-43-53-29-13-3-14-30-53)60(79-65)50-72-42-52-27-11-2-12-28-52/h1-40,59-70H,41-50H2/t59-,60-,61+,62+,63+,64+,65+,66+,67+,68-,69+/m1/s1. The Morgan fingerprint density at radius 2 is 0.575 bits per heavy atom. The summed E-state index contributed by atoms with van der Waals surface area (Å²) in [7, 11) is 0. The van der Waals surface area contributed by atoms with Crippen molar-refractivity contribution in [2.75, 3.05) is 13.2 Å². The zero-order valence-electron chi connectivity index (χ0n) is 45.0. The maximum atomic E-state index is 14.0. The van der Waals surface area contributed by atoms with E-state index in [0.29, 0.717) is 13.2 Å². The van der Waals surface area contributed by atoms with Gasteiger partial charge in [-0.05, 0) is 44.5 Å². The second kappa shape index (κ2) is 30.2. The molecule has 11 nitrogen and oxygen atoms in total. The molecule has 11 atom stereocenters. The lowest BCUT2D eigenvalue weighted by Crippen LogP contribution is -2.68. The fourth-order valence-corrected chi connectivity index (χ4v) is 10.5. The molecule has 2 fully saturated rings. The highest BCUT2D eigenvalue weighted by Crippen LogP contribution is 2.41. The van der Waals surface area contributed by atoms with Crippen molar-refractivity contribution in [3.8, 4) is 0 Å². The molecule has 10 rings (SSSR count). The Hall–Kier alpha value is -6.68. The van der Waals surface area contributed by atoms with Crippen molar-refractivity contribution in [1.82, 2.24) is 0 Å². The van der Waals surface area contributed by atoms with Gasteiger partial charge in [0.15, 0.2) is 6.29 Å². The minimum Gasteiger partial charge on any atom is -0.390 e. The summed E-state index contributed by atoms with van der Waals surface area (Å²) in [4.78, 5) is 0. The summed E-state index contributed by atoms with van der Waals surface area (Å²) in [5.41, 5.74) is 7.71. The molecule has 0 unspecified atom stereocenters. The maximum Gasteiger partial charge on any atom is 0.187 e. The lowest BCUT2D eigenvalue weighted by atomic mass is 9.78. The van der Waals surface area contributed by atoms with Gasteiger partial charge in [0.05, 0.1) is 84.4 Å². The average Bonchev–Trinajstić information content (AvgIpc) is 3.62. The Kier molecular flexibility index (Phi) is 21.4. The maximum absolute atomic E-state index is 14.0. The van der Waals surface area contributed by atoms with Crippen molar-refractivity contribution in [3.05, 3.63) is 287 Å². The summed E-state index contributed by atoms with van der Waals surface area (Å²) in [6, 6.07) is 80.1. The number of hydrogen-bond acceptors (Lipinski definition) is 11. The van der Waals surface area contributed by atoms with E-state index < -0.39 is 67.1 Å². The molecule has 0 saturated carbocycles. The molecule has 2 aliphatic heterocycles. The van der Waals surface area contributed by atoms with Gasteiger partial charge in [-0.3, -0.25) is 0 Å². The molecule has 0 bridgehead atoms. The highest BCUT2D eigenvalue weighted by molar-refractivity contribution is 5.20. The molecule has 2 heterocycles. The van der Waals surface area contributed by atoms with Crippen LogP contribution in [-0.4, -0.2) is 79.5 Å². The quantitative estimate of drug-likeness (QED) is 0.0506. The van der Waals surface area contributed by atoms with E-state index in [9.17, 15) is 5.11 Å². The normalized spacial score (nSPS) is 23.3. The summed E-state index contributed by atoms with van der Waals surface area (Å²) in [6.45, 7) is 2.06. The third-order valence-electron chi connectivity index (χ3n) is 14.6. The van der Waals surface area contributed by atoms with E-state index in [1.807, 2.05) is 243 Å². The lowest BCUT2D eigenvalue weighted by molar-refractivity contribution is -0.339. The minimum atomic E-state index is -1.38. The van der Waals surface area contributed by atoms with E-state index in [4.69, 9.17) is 47.4 Å². The highest BCUT2D eigenvalue weighted by atomic mass is 16.7. The Labute approximate surface area is 470 Å². The largest absolute Gasteiger partial charge is 0.390 e. The van der Waals surface area contributed by atoms with Gasteiger partial charge in [0.1, 0.15) is 36.6 Å². The highest BCUT2D eigenvalue weighted by Gasteiger charge is 2.58. The fraction of sp³-hybridized carbons (Fsp3) is 0.304. The van der Waals surface area contributed by atoms with Crippen LogP contribution in [0.4, 0.5) is 0 Å². The Bertz CT molecular complexity index is 2930. The van der Waals surface area contributed by atoms with Crippen LogP contribution in [0, 0.1) is 5.92 Å². The van der Waals surface area contributed by atoms with Gasteiger partial charge < -0.3 is 52.5 Å². The third kappa shape index (κ3) is 16.2. The van der Waals surface area contributed by atoms with Crippen LogP contribution in [0.25, 0.3) is 0 Å². The van der Waals surface area contributed by atoms with Crippen molar-refractivity contribution in [3.63, 3.8) is 0 Å². The molecule has 8 aromatic rings. The molecule has 8 aromatic carbocycles. The van der Waals surface area contributed by atoms with Crippen molar-refractivity contribution >= 4 is 0 Å². The minimum absolute atomic E-state index is 0.0566. The summed E-state index contributed by atoms with van der Waals surface area (Å²) in [5, 5.41) is 14.0. The molecule has 0 amide bonds. The summed E-state index contributed by atoms with van der Waals surface area (Å²) in [6.07, 6.45) is -9.29. The molecule has 11 heteroatoms. The van der Waals surface area contributed by atoms with Gasteiger partial charge in [-0.15, -0.1) is 0 Å². The van der Waals surface area contributed by atoms with Gasteiger partial charge >= 0.3 is 0 Å². The molecule has 1 N–H and O–H groups in total. The van der Waals surface area contributed by atoms with Gasteiger partial charge in [-0.25, -0.2) is 0 Å². The zero-order valence-corrected chi connectivity index (χ0v) is 45.0. The van der Waals surface area contributed by atoms with E-state index >= 15 is 0 Å². The predicted octanol–water partition coefficient (Wildman–Crippen LogP) is 12.0. The molecule has 80 heavy (non-hydrogen) atoms. The monoisotopic (exact) mass is 1080 g/mol. The number of ether oxygens (including phenoxy) is 10. The van der Waals surface area contributed by atoms with Crippen molar-refractivity contribution < 1.29 is 52.5 Å². The second-order valence-electron chi connectivity index (χ2n) is 20.4. The second-order valence-corrected chi connectivity index (χ2v) is 20.4. The molecule has 414 valence electrons. The topological polar surface area (TPSA) is 113 Å². The van der Waals surface area contributed by atoms with Crippen LogP contribution in [0.5, 0.6) is 0 Å². The van der Waals surface area contributed by atoms with Gasteiger partial charge in [-0.1, -0.05) is 243 Å². The van der Waals surface area contributed by atoms with Crippen LogP contribution < -0.4 is 0 Å². The van der Waals surface area contributed by atoms with Gasteiger partial charge in [0.2, 0.25) is 0 Å². The average molecular weight is 1080 g/mol. The molecule has 0 aromatic heterocycles. The lowest BCUT2D eigenvalue weighted by Gasteiger charge is -2.52. The summed E-state index contributed by atoms with van der Waals surface area (Å²) in [5.74, 6) is -0.887. The molecule has 0 radical (unpaired) electrons. The summed E-state index contributed by atoms with van der Waals surface area (Å²) >= 11 is 0. The van der Waals surface area contributed by atoms with E-state index in [1.165, 1.54) is 0 Å². The Morgan fingerprint density at radius 3 is 0.950 bits per heavy atom. The van der Waals surface area contributed by atoms with Gasteiger partial charge in [0.25, 0.3) is 0 Å². The van der Waals surface area contributed by atoms with E-state index in [0.717, 1.165) is 44.5 Å². The first-order chi connectivity index (χ1) is 39.6. The molecule has 0 aliphatic carbocycles. The smallest absolute Gasteiger partial charge is 0.187 e. The Morgan fingerprint density at radius 1 is 0.287 bits per heavy atom. The van der Waals surface area contributed by atoms with Crippen LogP contribution >= 0.6 is 0 Å². The number of aliphatic hydroxyl groups excluding tert-OH is 1. The molecule has 2 aliphatic rings. The number of aliphatic hydroxyl groups is 1. The third-order valence-corrected chi connectivity index (χ3v) is 14.6. The molecule has 2 saturated heterocycles. The molecule has 0 spiro atoms. The Balaban J connectivity index is 1.07. The van der Waals surface area contributed by atoms with Crippen molar-refractivity contribution in [2.45, 2.75) is 114 Å². The van der Waals surface area contributed by atoms with Crippen LogP contribution in [0.1, 0.15) is 44.5 Å². The first kappa shape index (κ1) is 56.6. The van der Waals surface area contributed by atoms with E-state index in [-0.39, 0.29) is 52.9 Å². The van der Waals surface area contributed by atoms with Crippen molar-refractivity contribution in [2.24, 2.45) is 5.92 Å². The van der Waals surface area contributed by atoms with Crippen molar-refractivity contribution in [1.29, 1.82) is 0 Å². The predicted molar refractivity (Wildman–Crippen MR) is 305 cm³/mol. The number of rotatable bonds is 28. The van der Waals surface area contributed by atoms with Crippen LogP contribution in [0.2, 0.25) is 0 Å². The van der Waals surface area contributed by atoms with E-state index in [1.54, 1.807) is 0 Å². The fourth-order valence-electron chi connectivity index (χ4n) is 10.5. The summed E-state index contributed by atoms with van der Waals surface area (Å²) < 4.78 is 70.4.